The van der Waals surface area contributed by atoms with Crippen molar-refractivity contribution in [1.29, 1.82) is 0 Å². The topological polar surface area (TPSA) is 58.6 Å². The molecule has 0 radical (unpaired) electrons. The zero-order chi connectivity index (χ0) is 15.5. The first-order chi connectivity index (χ1) is 9.82. The molecular formula is C17H25NO3. The van der Waals surface area contributed by atoms with Crippen LogP contribution in [0.25, 0.3) is 0 Å². The number of hydrogen-bond acceptors (Lipinski definition) is 2. The SMILES string of the molecule is CC(C)(C)[C@]1(NC(=O)O)CC[C@H](Oc2ccccc2)CC1. The zero-order valence-corrected chi connectivity index (χ0v) is 13.1. The van der Waals surface area contributed by atoms with Crippen LogP contribution in [0.4, 0.5) is 4.79 Å². The third kappa shape index (κ3) is 3.69. The van der Waals surface area contributed by atoms with E-state index < -0.39 is 6.09 Å². The molecule has 116 valence electrons. The molecule has 0 aromatic heterocycles. The second-order valence-electron chi connectivity index (χ2n) is 6.89. The highest BCUT2D eigenvalue weighted by Gasteiger charge is 2.46. The molecule has 0 spiro atoms. The fraction of sp³-hybridized carbons (Fsp3) is 0.588. The summed E-state index contributed by atoms with van der Waals surface area (Å²) in [6.45, 7) is 6.30. The average Bonchev–Trinajstić information content (AvgIpc) is 2.40. The quantitative estimate of drug-likeness (QED) is 0.883. The Morgan fingerprint density at radius 1 is 1.24 bits per heavy atom. The molecule has 0 bridgehead atoms. The molecule has 0 atom stereocenters. The van der Waals surface area contributed by atoms with Crippen LogP contribution >= 0.6 is 0 Å². The number of rotatable bonds is 3. The normalized spacial score (nSPS) is 26.1. The Balaban J connectivity index is 2.01. The maximum atomic E-state index is 11.1. The van der Waals surface area contributed by atoms with Crippen molar-refractivity contribution in [3.05, 3.63) is 30.3 Å². The van der Waals surface area contributed by atoms with Crippen LogP contribution in [0.5, 0.6) is 5.75 Å². The smallest absolute Gasteiger partial charge is 0.405 e. The van der Waals surface area contributed by atoms with Gasteiger partial charge in [0.05, 0.1) is 6.10 Å². The lowest BCUT2D eigenvalue weighted by molar-refractivity contribution is 0.0387. The van der Waals surface area contributed by atoms with Crippen molar-refractivity contribution in [2.45, 2.75) is 58.1 Å². The van der Waals surface area contributed by atoms with E-state index >= 15 is 0 Å². The van der Waals surface area contributed by atoms with Crippen molar-refractivity contribution in [1.82, 2.24) is 5.32 Å². The number of hydrogen-bond donors (Lipinski definition) is 2. The van der Waals surface area contributed by atoms with E-state index in [-0.39, 0.29) is 17.1 Å². The van der Waals surface area contributed by atoms with Crippen molar-refractivity contribution in [2.75, 3.05) is 0 Å². The lowest BCUT2D eigenvalue weighted by Gasteiger charge is -2.48. The highest BCUT2D eigenvalue weighted by molar-refractivity contribution is 5.65. The Morgan fingerprint density at radius 3 is 2.29 bits per heavy atom. The molecule has 2 rings (SSSR count). The molecule has 1 aromatic rings. The Bertz CT molecular complexity index is 471. The van der Waals surface area contributed by atoms with Gasteiger partial charge in [0.2, 0.25) is 0 Å². The van der Waals surface area contributed by atoms with Crippen molar-refractivity contribution in [3.8, 4) is 5.75 Å². The minimum atomic E-state index is -0.938. The van der Waals surface area contributed by atoms with Gasteiger partial charge >= 0.3 is 6.09 Å². The molecule has 1 aromatic carbocycles. The second kappa shape index (κ2) is 5.96. The number of amides is 1. The standard InChI is InChI=1S/C17H25NO3/c1-16(2,3)17(18-15(19)20)11-9-14(10-12-17)21-13-7-5-4-6-8-13/h4-8,14,18H,9-12H2,1-3H3,(H,19,20)/t14-,17-. The summed E-state index contributed by atoms with van der Waals surface area (Å²) < 4.78 is 5.99. The minimum Gasteiger partial charge on any atom is -0.490 e. The van der Waals surface area contributed by atoms with Crippen LogP contribution in [0.2, 0.25) is 0 Å². The van der Waals surface area contributed by atoms with Crippen molar-refractivity contribution in [3.63, 3.8) is 0 Å². The van der Waals surface area contributed by atoms with Crippen LogP contribution in [0.3, 0.4) is 0 Å². The molecule has 2 N–H and O–H groups in total. The van der Waals surface area contributed by atoms with Crippen LogP contribution in [0, 0.1) is 5.41 Å². The summed E-state index contributed by atoms with van der Waals surface area (Å²) >= 11 is 0. The summed E-state index contributed by atoms with van der Waals surface area (Å²) in [5.74, 6) is 0.886. The van der Waals surface area contributed by atoms with Gasteiger partial charge in [-0.2, -0.15) is 0 Å². The minimum absolute atomic E-state index is 0.108. The number of carboxylic acid groups (broad SMARTS) is 1. The number of para-hydroxylation sites is 1. The van der Waals surface area contributed by atoms with Crippen molar-refractivity contribution < 1.29 is 14.6 Å². The molecule has 0 unspecified atom stereocenters. The molecule has 1 fully saturated rings. The van der Waals surface area contributed by atoms with Gasteiger partial charge in [-0.3, -0.25) is 0 Å². The second-order valence-corrected chi connectivity index (χ2v) is 6.89. The maximum Gasteiger partial charge on any atom is 0.405 e. The number of ether oxygens (including phenoxy) is 1. The molecule has 1 aliphatic rings. The maximum absolute atomic E-state index is 11.1. The molecule has 4 nitrogen and oxygen atoms in total. The number of carbonyl (C=O) groups is 1. The highest BCUT2D eigenvalue weighted by atomic mass is 16.5. The molecule has 1 saturated carbocycles. The molecule has 1 amide bonds. The van der Waals surface area contributed by atoms with Crippen molar-refractivity contribution >= 4 is 6.09 Å². The first-order valence-corrected chi connectivity index (χ1v) is 7.55. The summed E-state index contributed by atoms with van der Waals surface area (Å²) in [6.07, 6.45) is 2.57. The molecule has 21 heavy (non-hydrogen) atoms. The lowest BCUT2D eigenvalue weighted by atomic mass is 9.65. The van der Waals surface area contributed by atoms with E-state index in [1.807, 2.05) is 30.3 Å². The van der Waals surface area contributed by atoms with Crippen molar-refractivity contribution in [2.24, 2.45) is 5.41 Å². The van der Waals surface area contributed by atoms with E-state index in [4.69, 9.17) is 9.84 Å². The Morgan fingerprint density at radius 2 is 1.81 bits per heavy atom. The van der Waals surface area contributed by atoms with Crippen LogP contribution in [0.15, 0.2) is 30.3 Å². The fourth-order valence-corrected chi connectivity index (χ4v) is 3.16. The lowest BCUT2D eigenvalue weighted by Crippen LogP contribution is -2.59. The summed E-state index contributed by atoms with van der Waals surface area (Å²) in [6, 6.07) is 9.81. The predicted octanol–water partition coefficient (Wildman–Crippen LogP) is 4.06. The molecule has 0 heterocycles. The average molecular weight is 291 g/mol. The third-order valence-electron chi connectivity index (χ3n) is 4.61. The Hall–Kier alpha value is -1.71. The van der Waals surface area contributed by atoms with Gasteiger partial charge < -0.3 is 15.2 Å². The van der Waals surface area contributed by atoms with E-state index in [9.17, 15) is 4.79 Å². The molecular weight excluding hydrogens is 266 g/mol. The monoisotopic (exact) mass is 291 g/mol. The Labute approximate surface area is 126 Å². The van der Waals surface area contributed by atoms with Gasteiger partial charge in [0.25, 0.3) is 0 Å². The van der Waals surface area contributed by atoms with E-state index in [1.165, 1.54) is 0 Å². The van der Waals surface area contributed by atoms with Crippen LogP contribution in [0.1, 0.15) is 46.5 Å². The van der Waals surface area contributed by atoms with Gasteiger partial charge in [-0.15, -0.1) is 0 Å². The molecule has 0 aliphatic heterocycles. The highest BCUT2D eigenvalue weighted by Crippen LogP contribution is 2.42. The summed E-state index contributed by atoms with van der Waals surface area (Å²) in [5, 5.41) is 11.9. The third-order valence-corrected chi connectivity index (χ3v) is 4.61. The van der Waals surface area contributed by atoms with E-state index in [0.717, 1.165) is 31.4 Å². The first-order valence-electron chi connectivity index (χ1n) is 7.55. The summed E-state index contributed by atoms with van der Waals surface area (Å²) in [7, 11) is 0. The zero-order valence-electron chi connectivity index (χ0n) is 13.1. The van der Waals surface area contributed by atoms with E-state index in [0.29, 0.717) is 0 Å². The van der Waals surface area contributed by atoms with E-state index in [2.05, 4.69) is 26.1 Å². The van der Waals surface area contributed by atoms with Crippen LogP contribution in [-0.2, 0) is 0 Å². The largest absolute Gasteiger partial charge is 0.490 e. The van der Waals surface area contributed by atoms with Crippen LogP contribution < -0.4 is 10.1 Å². The number of benzene rings is 1. The number of nitrogens with one attached hydrogen (secondary N) is 1. The Kier molecular flexibility index (Phi) is 4.45. The fourth-order valence-electron chi connectivity index (χ4n) is 3.16. The van der Waals surface area contributed by atoms with Gasteiger partial charge in [0.15, 0.2) is 0 Å². The first kappa shape index (κ1) is 15.7. The van der Waals surface area contributed by atoms with Gasteiger partial charge in [0, 0.05) is 5.54 Å². The van der Waals surface area contributed by atoms with E-state index in [1.54, 1.807) is 0 Å². The van der Waals surface area contributed by atoms with Gasteiger partial charge in [0.1, 0.15) is 5.75 Å². The van der Waals surface area contributed by atoms with Gasteiger partial charge in [-0.05, 0) is 43.2 Å². The van der Waals surface area contributed by atoms with Gasteiger partial charge in [-0.1, -0.05) is 39.0 Å². The molecule has 1 aliphatic carbocycles. The van der Waals surface area contributed by atoms with Gasteiger partial charge in [-0.25, -0.2) is 4.79 Å². The summed E-state index contributed by atoms with van der Waals surface area (Å²) in [5.41, 5.74) is -0.474. The molecule has 4 heteroatoms. The predicted molar refractivity (Wildman–Crippen MR) is 82.7 cm³/mol. The van der Waals surface area contributed by atoms with Crippen LogP contribution in [-0.4, -0.2) is 22.8 Å². The summed E-state index contributed by atoms with van der Waals surface area (Å²) in [4.78, 5) is 11.1. The molecule has 0 saturated heterocycles.